The zero-order chi connectivity index (χ0) is 14.8. The first-order chi connectivity index (χ1) is 10.2. The van der Waals surface area contributed by atoms with Crippen LogP contribution in [0.1, 0.15) is 40.5 Å². The molecular weight excluding hydrogens is 264 g/mol. The van der Waals surface area contributed by atoms with Gasteiger partial charge in [0.25, 0.3) is 5.91 Å². The second-order valence-electron chi connectivity index (χ2n) is 5.43. The molecular formula is C16H20N4O. The first-order valence-electron chi connectivity index (χ1n) is 7.27. The fourth-order valence-corrected chi connectivity index (χ4v) is 2.54. The number of anilines is 1. The van der Waals surface area contributed by atoms with Crippen LogP contribution in [0.4, 0.5) is 5.69 Å². The predicted octanol–water partition coefficient (Wildman–Crippen LogP) is 2.50. The predicted molar refractivity (Wildman–Crippen MR) is 82.4 cm³/mol. The fourth-order valence-electron chi connectivity index (χ4n) is 2.54. The number of amides is 1. The van der Waals surface area contributed by atoms with Gasteiger partial charge in [-0.3, -0.25) is 4.79 Å². The number of carbonyl (C=O) groups is 1. The van der Waals surface area contributed by atoms with Gasteiger partial charge in [-0.2, -0.15) is 0 Å². The van der Waals surface area contributed by atoms with Gasteiger partial charge in [0, 0.05) is 30.5 Å². The van der Waals surface area contributed by atoms with E-state index in [1.807, 2.05) is 37.6 Å². The standard InChI is InChI=1S/C16H20N4O/c1-11-14(16(21)17-2)4-3-5-15(11)19-9-13-8-18-10-20(13)12-6-7-12/h3-5,8,10,12,19H,6-7,9H2,1-2H3,(H,17,21). The lowest BCUT2D eigenvalue weighted by atomic mass is 10.1. The van der Waals surface area contributed by atoms with E-state index in [9.17, 15) is 4.79 Å². The molecule has 0 spiro atoms. The largest absolute Gasteiger partial charge is 0.379 e. The van der Waals surface area contributed by atoms with Crippen LogP contribution < -0.4 is 10.6 Å². The molecule has 3 rings (SSSR count). The molecule has 1 aromatic carbocycles. The molecule has 0 atom stereocenters. The highest BCUT2D eigenvalue weighted by molar-refractivity contribution is 5.96. The molecule has 5 heteroatoms. The van der Waals surface area contributed by atoms with Crippen molar-refractivity contribution in [3.05, 3.63) is 47.5 Å². The van der Waals surface area contributed by atoms with Gasteiger partial charge in [0.1, 0.15) is 0 Å². The average Bonchev–Trinajstić information content (AvgIpc) is 3.24. The van der Waals surface area contributed by atoms with Crippen molar-refractivity contribution in [1.82, 2.24) is 14.9 Å². The molecule has 1 heterocycles. The van der Waals surface area contributed by atoms with Gasteiger partial charge in [-0.15, -0.1) is 0 Å². The Kier molecular flexibility index (Phi) is 3.64. The van der Waals surface area contributed by atoms with Crippen molar-refractivity contribution < 1.29 is 4.79 Å². The lowest BCUT2D eigenvalue weighted by Crippen LogP contribution is -2.19. The molecule has 0 radical (unpaired) electrons. The maximum Gasteiger partial charge on any atom is 0.251 e. The highest BCUT2D eigenvalue weighted by Crippen LogP contribution is 2.35. The molecule has 0 aliphatic heterocycles. The molecule has 21 heavy (non-hydrogen) atoms. The number of benzene rings is 1. The fraction of sp³-hybridized carbons (Fsp3) is 0.375. The summed E-state index contributed by atoms with van der Waals surface area (Å²) in [4.78, 5) is 16.1. The molecule has 1 aliphatic rings. The minimum Gasteiger partial charge on any atom is -0.379 e. The van der Waals surface area contributed by atoms with Crippen LogP contribution in [-0.2, 0) is 6.54 Å². The summed E-state index contributed by atoms with van der Waals surface area (Å²) in [5.74, 6) is -0.0563. The van der Waals surface area contributed by atoms with Crippen molar-refractivity contribution in [1.29, 1.82) is 0 Å². The maximum absolute atomic E-state index is 11.8. The normalized spacial score (nSPS) is 14.0. The molecule has 110 valence electrons. The van der Waals surface area contributed by atoms with Crippen molar-refractivity contribution in [2.75, 3.05) is 12.4 Å². The quantitative estimate of drug-likeness (QED) is 0.887. The molecule has 0 bridgehead atoms. The number of imidazole rings is 1. The summed E-state index contributed by atoms with van der Waals surface area (Å²) in [5.41, 5.74) is 3.84. The van der Waals surface area contributed by atoms with Crippen LogP contribution in [0.25, 0.3) is 0 Å². The van der Waals surface area contributed by atoms with Crippen molar-refractivity contribution in [2.45, 2.75) is 32.4 Å². The third kappa shape index (κ3) is 2.77. The molecule has 1 fully saturated rings. The topological polar surface area (TPSA) is 59.0 Å². The van der Waals surface area contributed by atoms with Gasteiger partial charge in [0.05, 0.1) is 18.6 Å². The van der Waals surface area contributed by atoms with E-state index in [0.29, 0.717) is 18.2 Å². The van der Waals surface area contributed by atoms with Crippen LogP contribution in [0, 0.1) is 6.92 Å². The number of hydrogen-bond acceptors (Lipinski definition) is 3. The molecule has 1 saturated carbocycles. The Balaban J connectivity index is 1.76. The van der Waals surface area contributed by atoms with Crippen molar-refractivity contribution in [3.8, 4) is 0 Å². The van der Waals surface area contributed by atoms with Crippen molar-refractivity contribution >= 4 is 11.6 Å². The summed E-state index contributed by atoms with van der Waals surface area (Å²) < 4.78 is 2.24. The van der Waals surface area contributed by atoms with Crippen molar-refractivity contribution in [3.63, 3.8) is 0 Å². The summed E-state index contributed by atoms with van der Waals surface area (Å²) in [7, 11) is 1.65. The van der Waals surface area contributed by atoms with Gasteiger partial charge in [-0.25, -0.2) is 4.98 Å². The van der Waals surface area contributed by atoms with Gasteiger partial charge in [0.15, 0.2) is 0 Å². The first kappa shape index (κ1) is 13.7. The third-order valence-corrected chi connectivity index (χ3v) is 3.95. The van der Waals surface area contributed by atoms with Crippen LogP contribution in [-0.4, -0.2) is 22.5 Å². The zero-order valence-corrected chi connectivity index (χ0v) is 12.4. The van der Waals surface area contributed by atoms with Crippen LogP contribution in [0.5, 0.6) is 0 Å². The minimum atomic E-state index is -0.0563. The van der Waals surface area contributed by atoms with Gasteiger partial charge in [0.2, 0.25) is 0 Å². The lowest BCUT2D eigenvalue weighted by Gasteiger charge is -2.13. The Morgan fingerprint density at radius 3 is 2.95 bits per heavy atom. The second kappa shape index (κ2) is 5.60. The summed E-state index contributed by atoms with van der Waals surface area (Å²) in [6.45, 7) is 2.68. The lowest BCUT2D eigenvalue weighted by molar-refractivity contribution is 0.0962. The monoisotopic (exact) mass is 284 g/mol. The highest BCUT2D eigenvalue weighted by atomic mass is 16.1. The number of nitrogens with zero attached hydrogens (tertiary/aromatic N) is 2. The minimum absolute atomic E-state index is 0.0563. The highest BCUT2D eigenvalue weighted by Gasteiger charge is 2.25. The Morgan fingerprint density at radius 1 is 1.43 bits per heavy atom. The molecule has 5 nitrogen and oxygen atoms in total. The van der Waals surface area contributed by atoms with Crippen LogP contribution in [0.2, 0.25) is 0 Å². The molecule has 1 amide bonds. The van der Waals surface area contributed by atoms with E-state index >= 15 is 0 Å². The zero-order valence-electron chi connectivity index (χ0n) is 12.4. The smallest absolute Gasteiger partial charge is 0.251 e. The van der Waals surface area contributed by atoms with Crippen LogP contribution >= 0.6 is 0 Å². The van der Waals surface area contributed by atoms with E-state index in [1.54, 1.807) is 7.05 Å². The number of nitrogens with one attached hydrogen (secondary N) is 2. The molecule has 2 N–H and O–H groups in total. The molecule has 0 saturated heterocycles. The Morgan fingerprint density at radius 2 is 2.24 bits per heavy atom. The number of carbonyl (C=O) groups excluding carboxylic acids is 1. The van der Waals surface area contributed by atoms with E-state index in [2.05, 4.69) is 20.2 Å². The number of rotatable bonds is 5. The molecule has 0 unspecified atom stereocenters. The van der Waals surface area contributed by atoms with E-state index in [1.165, 1.54) is 18.5 Å². The van der Waals surface area contributed by atoms with E-state index in [0.717, 1.165) is 11.3 Å². The third-order valence-electron chi connectivity index (χ3n) is 3.95. The van der Waals surface area contributed by atoms with Crippen LogP contribution in [0.3, 0.4) is 0 Å². The van der Waals surface area contributed by atoms with Gasteiger partial charge in [-0.1, -0.05) is 6.07 Å². The first-order valence-corrected chi connectivity index (χ1v) is 7.27. The van der Waals surface area contributed by atoms with Crippen molar-refractivity contribution in [2.24, 2.45) is 0 Å². The van der Waals surface area contributed by atoms with E-state index < -0.39 is 0 Å². The van der Waals surface area contributed by atoms with Gasteiger partial charge in [-0.05, 0) is 37.5 Å². The van der Waals surface area contributed by atoms with Gasteiger partial charge < -0.3 is 15.2 Å². The maximum atomic E-state index is 11.8. The van der Waals surface area contributed by atoms with Crippen LogP contribution in [0.15, 0.2) is 30.7 Å². The molecule has 2 aromatic rings. The summed E-state index contributed by atoms with van der Waals surface area (Å²) in [6, 6.07) is 6.37. The van der Waals surface area contributed by atoms with E-state index in [-0.39, 0.29) is 5.91 Å². The Bertz CT molecular complexity index is 658. The number of aromatic nitrogens is 2. The molecule has 1 aromatic heterocycles. The average molecular weight is 284 g/mol. The number of hydrogen-bond donors (Lipinski definition) is 2. The van der Waals surface area contributed by atoms with E-state index in [4.69, 9.17) is 0 Å². The SMILES string of the molecule is CNC(=O)c1cccc(NCc2cncn2C2CC2)c1C. The summed E-state index contributed by atoms with van der Waals surface area (Å²) >= 11 is 0. The summed E-state index contributed by atoms with van der Waals surface area (Å²) in [6.07, 6.45) is 6.30. The summed E-state index contributed by atoms with van der Waals surface area (Å²) in [5, 5.41) is 6.09. The van der Waals surface area contributed by atoms with Gasteiger partial charge >= 0.3 is 0 Å². The molecule has 1 aliphatic carbocycles. The Hall–Kier alpha value is -2.30. The Labute approximate surface area is 124 Å². The second-order valence-corrected chi connectivity index (χ2v) is 5.43.